The van der Waals surface area contributed by atoms with Gasteiger partial charge in [0.15, 0.2) is 0 Å². The summed E-state index contributed by atoms with van der Waals surface area (Å²) in [5.41, 5.74) is 5.07. The molecule has 1 rings (SSSR count). The Morgan fingerprint density at radius 1 is 1.38 bits per heavy atom. The number of hydrogen-bond acceptors (Lipinski definition) is 4. The highest BCUT2D eigenvalue weighted by Crippen LogP contribution is 2.11. The molecule has 0 spiro atoms. The molecule has 0 aromatic carbocycles. The third kappa shape index (κ3) is 4.75. The Morgan fingerprint density at radius 3 is 2.48 bits per heavy atom. The molecule has 114 valence electrons. The van der Waals surface area contributed by atoms with Crippen LogP contribution >= 0.6 is 0 Å². The first-order chi connectivity index (χ1) is 9.85. The number of carbonyl (C=O) groups is 3. The molecule has 1 aromatic heterocycles. The van der Waals surface area contributed by atoms with Gasteiger partial charge in [0.05, 0.1) is 5.56 Å². The van der Waals surface area contributed by atoms with Crippen LogP contribution in [0.15, 0.2) is 18.3 Å². The van der Waals surface area contributed by atoms with Crippen molar-refractivity contribution in [2.75, 3.05) is 5.32 Å². The van der Waals surface area contributed by atoms with Crippen molar-refractivity contribution in [1.29, 1.82) is 0 Å². The van der Waals surface area contributed by atoms with Crippen LogP contribution in [0.3, 0.4) is 0 Å². The number of aromatic carboxylic acids is 1. The van der Waals surface area contributed by atoms with Crippen LogP contribution in [0.5, 0.6) is 0 Å². The number of pyridine rings is 1. The lowest BCUT2D eigenvalue weighted by atomic mass is 9.98. The van der Waals surface area contributed by atoms with E-state index in [9.17, 15) is 14.4 Å². The van der Waals surface area contributed by atoms with Crippen LogP contribution in [0, 0.1) is 5.92 Å². The van der Waals surface area contributed by atoms with Gasteiger partial charge in [-0.2, -0.15) is 0 Å². The fourth-order valence-corrected chi connectivity index (χ4v) is 1.65. The molecule has 2 atom stereocenters. The first-order valence-corrected chi connectivity index (χ1v) is 6.41. The normalized spacial score (nSPS) is 13.0. The minimum atomic E-state index is -1.10. The maximum Gasteiger partial charge on any atom is 0.337 e. The van der Waals surface area contributed by atoms with Gasteiger partial charge in [-0.15, -0.1) is 0 Å². The lowest BCUT2D eigenvalue weighted by Crippen LogP contribution is -2.49. The van der Waals surface area contributed by atoms with E-state index in [0.29, 0.717) is 6.42 Å². The van der Waals surface area contributed by atoms with Crippen molar-refractivity contribution in [2.24, 2.45) is 11.7 Å². The van der Waals surface area contributed by atoms with E-state index < -0.39 is 23.9 Å². The van der Waals surface area contributed by atoms with Crippen LogP contribution in [0.1, 0.15) is 30.6 Å². The number of nitrogens with zero attached hydrogens (tertiary/aromatic N) is 1. The van der Waals surface area contributed by atoms with E-state index in [4.69, 9.17) is 10.8 Å². The van der Waals surface area contributed by atoms with Crippen LogP contribution < -0.4 is 16.4 Å². The number of nitrogens with one attached hydrogen (secondary N) is 2. The Bertz CT molecular complexity index is 529. The maximum atomic E-state index is 12.1. The van der Waals surface area contributed by atoms with Gasteiger partial charge in [-0.1, -0.05) is 20.3 Å². The molecule has 0 aliphatic carbocycles. The summed E-state index contributed by atoms with van der Waals surface area (Å²) in [7, 11) is 0. The largest absolute Gasteiger partial charge is 0.478 e. The number of carboxylic acids is 1. The second-order valence-corrected chi connectivity index (χ2v) is 4.60. The smallest absolute Gasteiger partial charge is 0.337 e. The molecule has 8 nitrogen and oxygen atoms in total. The van der Waals surface area contributed by atoms with Crippen LogP contribution in [0.4, 0.5) is 10.6 Å². The van der Waals surface area contributed by atoms with Crippen LogP contribution in [-0.2, 0) is 4.79 Å². The first-order valence-electron chi connectivity index (χ1n) is 6.41. The number of nitrogens with two attached hydrogens (primary N) is 1. The minimum Gasteiger partial charge on any atom is -0.478 e. The highest BCUT2D eigenvalue weighted by Gasteiger charge is 2.25. The summed E-state index contributed by atoms with van der Waals surface area (Å²) in [6.07, 6.45) is 1.81. The number of anilines is 1. The van der Waals surface area contributed by atoms with E-state index in [2.05, 4.69) is 15.6 Å². The summed E-state index contributed by atoms with van der Waals surface area (Å²) in [4.78, 5) is 37.6. The average molecular weight is 294 g/mol. The molecule has 0 radical (unpaired) electrons. The second-order valence-electron chi connectivity index (χ2n) is 4.60. The van der Waals surface area contributed by atoms with Crippen molar-refractivity contribution in [1.82, 2.24) is 10.3 Å². The summed E-state index contributed by atoms with van der Waals surface area (Å²) in [6, 6.07) is 1.13. The van der Waals surface area contributed by atoms with Gasteiger partial charge < -0.3 is 21.5 Å². The van der Waals surface area contributed by atoms with Gasteiger partial charge in [-0.3, -0.25) is 4.79 Å². The number of urea groups is 1. The monoisotopic (exact) mass is 294 g/mol. The second kappa shape index (κ2) is 7.22. The van der Waals surface area contributed by atoms with Crippen molar-refractivity contribution in [3.8, 4) is 0 Å². The molecule has 0 saturated carbocycles. The molecule has 21 heavy (non-hydrogen) atoms. The molecule has 0 saturated heterocycles. The van der Waals surface area contributed by atoms with E-state index in [1.807, 2.05) is 6.92 Å². The Balaban J connectivity index is 2.80. The Hall–Kier alpha value is -2.64. The number of rotatable bonds is 6. The molecule has 1 heterocycles. The van der Waals surface area contributed by atoms with Crippen molar-refractivity contribution in [3.05, 3.63) is 23.9 Å². The topological polar surface area (TPSA) is 134 Å². The summed E-state index contributed by atoms with van der Waals surface area (Å²) in [6.45, 7) is 3.69. The van der Waals surface area contributed by atoms with Crippen molar-refractivity contribution < 1.29 is 19.5 Å². The standard InChI is InChI=1S/C13H18N4O4/c1-3-7(2)10(17-13(14)21)11(18)16-9-5-4-8(6-15-9)12(19)20/h4-7,10H,3H2,1-2H3,(H,19,20)(H3,14,17,21)(H,15,16,18). The third-order valence-electron chi connectivity index (χ3n) is 3.05. The molecule has 5 N–H and O–H groups in total. The molecule has 0 fully saturated rings. The minimum absolute atomic E-state index is 0.0155. The van der Waals surface area contributed by atoms with E-state index in [1.165, 1.54) is 12.1 Å². The summed E-state index contributed by atoms with van der Waals surface area (Å²) >= 11 is 0. The quantitative estimate of drug-likeness (QED) is 0.615. The van der Waals surface area contributed by atoms with E-state index in [1.54, 1.807) is 6.92 Å². The third-order valence-corrected chi connectivity index (χ3v) is 3.05. The molecular weight excluding hydrogens is 276 g/mol. The zero-order valence-electron chi connectivity index (χ0n) is 11.8. The predicted molar refractivity (Wildman–Crippen MR) is 75.8 cm³/mol. The fraction of sp³-hybridized carbons (Fsp3) is 0.385. The van der Waals surface area contributed by atoms with Gasteiger partial charge in [-0.05, 0) is 18.1 Å². The van der Waals surface area contributed by atoms with E-state index >= 15 is 0 Å². The van der Waals surface area contributed by atoms with Gasteiger partial charge in [0.1, 0.15) is 11.9 Å². The highest BCUT2D eigenvalue weighted by molar-refractivity contribution is 5.96. The highest BCUT2D eigenvalue weighted by atomic mass is 16.4. The molecule has 0 aliphatic rings. The number of primary amides is 1. The number of hydrogen-bond donors (Lipinski definition) is 4. The molecular formula is C13H18N4O4. The molecule has 0 aliphatic heterocycles. The summed E-state index contributed by atoms with van der Waals surface area (Å²) in [5.74, 6) is -1.48. The predicted octanol–water partition coefficient (Wildman–Crippen LogP) is 0.801. The van der Waals surface area contributed by atoms with Gasteiger partial charge in [0.25, 0.3) is 0 Å². The Kier molecular flexibility index (Phi) is 5.65. The fourth-order valence-electron chi connectivity index (χ4n) is 1.65. The Labute approximate surface area is 121 Å². The van der Waals surface area contributed by atoms with Crippen LogP contribution in [0.25, 0.3) is 0 Å². The lowest BCUT2D eigenvalue weighted by molar-refractivity contribution is -0.119. The van der Waals surface area contributed by atoms with Crippen LogP contribution in [0.2, 0.25) is 0 Å². The number of carbonyl (C=O) groups excluding carboxylic acids is 2. The summed E-state index contributed by atoms with van der Waals surface area (Å²) in [5, 5.41) is 13.7. The molecule has 3 amide bonds. The number of carboxylic acid groups (broad SMARTS) is 1. The van der Waals surface area contributed by atoms with Crippen molar-refractivity contribution in [3.63, 3.8) is 0 Å². The summed E-state index contributed by atoms with van der Waals surface area (Å²) < 4.78 is 0. The molecule has 8 heteroatoms. The van der Waals surface area contributed by atoms with Gasteiger partial charge in [0, 0.05) is 6.20 Å². The van der Waals surface area contributed by atoms with Crippen LogP contribution in [-0.4, -0.2) is 34.0 Å². The van der Waals surface area contributed by atoms with Crippen molar-refractivity contribution >= 4 is 23.7 Å². The zero-order valence-corrected chi connectivity index (χ0v) is 11.8. The maximum absolute atomic E-state index is 12.1. The zero-order chi connectivity index (χ0) is 16.0. The average Bonchev–Trinajstić information content (AvgIpc) is 2.44. The Morgan fingerprint density at radius 2 is 2.05 bits per heavy atom. The van der Waals surface area contributed by atoms with Crippen molar-refractivity contribution in [2.45, 2.75) is 26.3 Å². The van der Waals surface area contributed by atoms with Gasteiger partial charge in [0.2, 0.25) is 5.91 Å². The van der Waals surface area contributed by atoms with E-state index in [0.717, 1.165) is 6.20 Å². The number of aromatic nitrogens is 1. The lowest BCUT2D eigenvalue weighted by Gasteiger charge is -2.22. The molecule has 0 bridgehead atoms. The van der Waals surface area contributed by atoms with Gasteiger partial charge in [-0.25, -0.2) is 14.6 Å². The SMILES string of the molecule is CCC(C)C(NC(N)=O)C(=O)Nc1ccc(C(=O)O)cn1. The number of amides is 3. The van der Waals surface area contributed by atoms with E-state index in [-0.39, 0.29) is 17.3 Å². The molecule has 1 aromatic rings. The van der Waals surface area contributed by atoms with Gasteiger partial charge >= 0.3 is 12.0 Å². The molecule has 2 unspecified atom stereocenters. The first kappa shape index (κ1) is 16.4.